The summed E-state index contributed by atoms with van der Waals surface area (Å²) in [6.07, 6.45) is 5.44. The van der Waals surface area contributed by atoms with Crippen LogP contribution in [-0.2, 0) is 11.5 Å². The van der Waals surface area contributed by atoms with Gasteiger partial charge in [-0.1, -0.05) is 56.4 Å². The van der Waals surface area contributed by atoms with Crippen molar-refractivity contribution >= 4 is 30.7 Å². The normalized spacial score (nSPS) is 17.9. The molecule has 0 aliphatic carbocycles. The Morgan fingerprint density at radius 1 is 1.17 bits per heavy atom. The van der Waals surface area contributed by atoms with Gasteiger partial charge in [-0.3, -0.25) is 0 Å². The van der Waals surface area contributed by atoms with Gasteiger partial charge in [0.1, 0.15) is 6.73 Å². The van der Waals surface area contributed by atoms with Crippen molar-refractivity contribution in [1.29, 1.82) is 0 Å². The summed E-state index contributed by atoms with van der Waals surface area (Å²) in [5, 5.41) is 11.9. The van der Waals surface area contributed by atoms with Gasteiger partial charge in [0.05, 0.1) is 11.6 Å². The summed E-state index contributed by atoms with van der Waals surface area (Å²) < 4.78 is 7.65. The van der Waals surface area contributed by atoms with Gasteiger partial charge in [0.2, 0.25) is 0 Å². The van der Waals surface area contributed by atoms with Crippen molar-refractivity contribution < 1.29 is 9.53 Å². The molecule has 1 aliphatic heterocycles. The van der Waals surface area contributed by atoms with E-state index in [-0.39, 0.29) is 18.1 Å². The Kier molecular flexibility index (Phi) is 8.25. The summed E-state index contributed by atoms with van der Waals surface area (Å²) in [5.41, 5.74) is 2.69. The summed E-state index contributed by atoms with van der Waals surface area (Å²) in [5.74, 6) is 0. The lowest BCUT2D eigenvalue weighted by Gasteiger charge is -2.38. The third kappa shape index (κ3) is 7.16. The van der Waals surface area contributed by atoms with Gasteiger partial charge in [0.25, 0.3) is 0 Å². The second-order valence-electron chi connectivity index (χ2n) is 10.8. The lowest BCUT2D eigenvalue weighted by Crippen LogP contribution is -2.47. The van der Waals surface area contributed by atoms with Crippen molar-refractivity contribution in [2.24, 2.45) is 0 Å². The molecular weight excluding hydrogens is 454 g/mol. The molecule has 0 saturated carbocycles. The molecule has 1 aliphatic rings. The van der Waals surface area contributed by atoms with Gasteiger partial charge in [-0.05, 0) is 56.2 Å². The highest BCUT2D eigenvalue weighted by molar-refractivity contribution is 6.76. The van der Waals surface area contributed by atoms with Crippen LogP contribution in [0.2, 0.25) is 25.7 Å². The van der Waals surface area contributed by atoms with E-state index in [0.717, 1.165) is 47.8 Å². The minimum Gasteiger partial charge on any atom is -0.360 e. The number of ether oxygens (including phenoxy) is 1. The Bertz CT molecular complexity index is 1110. The van der Waals surface area contributed by atoms with Crippen LogP contribution in [-0.4, -0.2) is 55.0 Å². The van der Waals surface area contributed by atoms with E-state index in [9.17, 15) is 4.79 Å². The number of carbonyl (C=O) groups excluding carboxylic acids is 1. The number of carbonyl (C=O) groups is 1. The number of rotatable bonds is 9. The highest BCUT2D eigenvalue weighted by atomic mass is 28.3. The molecule has 0 unspecified atom stereocenters. The number of piperidine rings is 1. The number of hydrogen-bond acceptors (Lipinski definition) is 4. The molecule has 2 amide bonds. The largest absolute Gasteiger partial charge is 0.360 e. The number of benzene rings is 2. The minimum absolute atomic E-state index is 0.0715. The quantitative estimate of drug-likeness (QED) is 0.296. The Balaban J connectivity index is 1.40. The van der Waals surface area contributed by atoms with E-state index in [1.807, 2.05) is 47.3 Å². The fraction of sp³-hybridized carbons (Fsp3) is 0.481. The zero-order valence-electron chi connectivity index (χ0n) is 21.5. The van der Waals surface area contributed by atoms with E-state index < -0.39 is 8.07 Å². The number of urea groups is 1. The number of hydrogen-bond donors (Lipinski definition) is 2. The third-order valence-electron chi connectivity index (χ3n) is 6.69. The van der Waals surface area contributed by atoms with Crippen molar-refractivity contribution in [2.45, 2.75) is 63.8 Å². The van der Waals surface area contributed by atoms with Crippen molar-refractivity contribution in [3.63, 3.8) is 0 Å². The molecule has 2 atom stereocenters. The maximum atomic E-state index is 13.1. The molecule has 1 aromatic heterocycles. The number of likely N-dealkylation sites (tertiary alicyclic amines) is 1. The molecule has 1 fully saturated rings. The first-order valence-corrected chi connectivity index (χ1v) is 16.4. The Labute approximate surface area is 209 Å². The van der Waals surface area contributed by atoms with Gasteiger partial charge in [-0.15, -0.1) is 0 Å². The van der Waals surface area contributed by atoms with Crippen LogP contribution < -0.4 is 10.6 Å². The number of nitrogens with one attached hydrogen (secondary N) is 2. The molecule has 0 spiro atoms. The van der Waals surface area contributed by atoms with Gasteiger partial charge in [0.15, 0.2) is 0 Å². The Hall–Kier alpha value is -2.68. The highest BCUT2D eigenvalue weighted by Crippen LogP contribution is 2.28. The molecule has 7 nitrogen and oxygen atoms in total. The Morgan fingerprint density at radius 3 is 2.71 bits per heavy atom. The summed E-state index contributed by atoms with van der Waals surface area (Å²) in [7, 11) is 1.05. The van der Waals surface area contributed by atoms with Gasteiger partial charge >= 0.3 is 6.03 Å². The van der Waals surface area contributed by atoms with Gasteiger partial charge in [-0.25, -0.2) is 9.48 Å². The van der Waals surface area contributed by atoms with Crippen LogP contribution in [0, 0.1) is 0 Å². The molecule has 0 bridgehead atoms. The molecule has 2 aromatic carbocycles. The van der Waals surface area contributed by atoms with Crippen LogP contribution in [0.25, 0.3) is 10.9 Å². The van der Waals surface area contributed by atoms with E-state index in [4.69, 9.17) is 4.74 Å². The van der Waals surface area contributed by atoms with Crippen molar-refractivity contribution in [3.8, 4) is 0 Å². The van der Waals surface area contributed by atoms with Gasteiger partial charge in [-0.2, -0.15) is 5.10 Å². The van der Waals surface area contributed by atoms with Crippen LogP contribution in [0.15, 0.2) is 54.7 Å². The topological polar surface area (TPSA) is 71.4 Å². The number of aromatic nitrogens is 2. The lowest BCUT2D eigenvalue weighted by molar-refractivity contribution is 0.0791. The van der Waals surface area contributed by atoms with Crippen LogP contribution in [0.5, 0.6) is 0 Å². The van der Waals surface area contributed by atoms with Gasteiger partial charge in [0, 0.05) is 38.0 Å². The maximum Gasteiger partial charge on any atom is 0.319 e. The monoisotopic (exact) mass is 493 g/mol. The molecule has 3 aromatic rings. The zero-order valence-corrected chi connectivity index (χ0v) is 22.5. The number of likely N-dealkylation sites (N-methyl/N-ethyl adjacent to an activating group) is 1. The summed E-state index contributed by atoms with van der Waals surface area (Å²) in [4.78, 5) is 15.4. The zero-order chi connectivity index (χ0) is 24.8. The standard InChI is InChI=1S/C27H39N5O2Si/c1-31-15-9-8-12-25(31)26(21-10-6-5-7-11-21)29-27(33)28-23-14-13-22-19-32(30-24(22)18-23)20-34-16-17-35(2,3)4/h5-7,10-11,13-14,18-19,25-26H,8-9,12,15-17,20H2,1-4H3,(H2,28,29,33)/t25-,26-/m1/s1. The van der Waals surface area contributed by atoms with E-state index in [0.29, 0.717) is 6.73 Å². The SMILES string of the molecule is CN1CCCC[C@@H]1[C@H](NC(=O)Nc1ccc2cn(COCC[Si](C)(C)C)nc2c1)c1ccccc1. The van der Waals surface area contributed by atoms with E-state index in [2.05, 4.69) is 59.5 Å². The second kappa shape index (κ2) is 11.4. The summed E-state index contributed by atoms with van der Waals surface area (Å²) in [6.45, 7) is 9.29. The first-order chi connectivity index (χ1) is 16.8. The number of nitrogens with zero attached hydrogens (tertiary/aromatic N) is 3. The molecular formula is C27H39N5O2Si. The minimum atomic E-state index is -1.10. The maximum absolute atomic E-state index is 13.1. The lowest BCUT2D eigenvalue weighted by atomic mass is 9.91. The average Bonchev–Trinajstić information content (AvgIpc) is 3.23. The Morgan fingerprint density at radius 2 is 1.97 bits per heavy atom. The first-order valence-electron chi connectivity index (χ1n) is 12.7. The fourth-order valence-corrected chi connectivity index (χ4v) is 5.40. The molecule has 35 heavy (non-hydrogen) atoms. The van der Waals surface area contributed by atoms with Crippen LogP contribution >= 0.6 is 0 Å². The number of amides is 2. The number of anilines is 1. The van der Waals surface area contributed by atoms with Crippen LogP contribution in [0.4, 0.5) is 10.5 Å². The van der Waals surface area contributed by atoms with E-state index in [1.54, 1.807) is 0 Å². The highest BCUT2D eigenvalue weighted by Gasteiger charge is 2.30. The van der Waals surface area contributed by atoms with E-state index >= 15 is 0 Å². The smallest absolute Gasteiger partial charge is 0.319 e. The summed E-state index contributed by atoms with van der Waals surface area (Å²) in [6, 6.07) is 17.2. The number of fused-ring (bicyclic) bond motifs is 1. The molecule has 2 heterocycles. The molecule has 1 saturated heterocycles. The predicted molar refractivity (Wildman–Crippen MR) is 145 cm³/mol. The van der Waals surface area contributed by atoms with Crippen LogP contribution in [0.3, 0.4) is 0 Å². The van der Waals surface area contributed by atoms with Crippen molar-refractivity contribution in [2.75, 3.05) is 25.5 Å². The van der Waals surface area contributed by atoms with Crippen molar-refractivity contribution in [3.05, 3.63) is 60.3 Å². The van der Waals surface area contributed by atoms with Gasteiger partial charge < -0.3 is 20.3 Å². The average molecular weight is 494 g/mol. The molecule has 8 heteroatoms. The second-order valence-corrected chi connectivity index (χ2v) is 16.4. The molecule has 0 radical (unpaired) electrons. The molecule has 188 valence electrons. The first kappa shape index (κ1) is 25.4. The third-order valence-corrected chi connectivity index (χ3v) is 8.39. The van der Waals surface area contributed by atoms with Crippen LogP contribution in [0.1, 0.15) is 30.9 Å². The fourth-order valence-electron chi connectivity index (χ4n) is 4.64. The molecule has 4 rings (SSSR count). The molecule has 2 N–H and O–H groups in total. The predicted octanol–water partition coefficient (Wildman–Crippen LogP) is 5.70. The van der Waals surface area contributed by atoms with E-state index in [1.165, 1.54) is 12.8 Å². The van der Waals surface area contributed by atoms with Crippen molar-refractivity contribution in [1.82, 2.24) is 20.0 Å². The summed E-state index contributed by atoms with van der Waals surface area (Å²) >= 11 is 0.